The summed E-state index contributed by atoms with van der Waals surface area (Å²) in [6, 6.07) is 0. The number of allylic oxidation sites excluding steroid dienone is 1. The van der Waals surface area contributed by atoms with Crippen molar-refractivity contribution in [3.05, 3.63) is 12.7 Å². The molecule has 0 saturated carbocycles. The number of hydrogen-bond donors (Lipinski definition) is 3. The topological polar surface area (TPSA) is 63.3 Å². The molecule has 3 unspecified atom stereocenters. The third-order valence-corrected chi connectivity index (χ3v) is 3.75. The number of nitrogens with two attached hydrogens (primary N) is 1. The zero-order chi connectivity index (χ0) is 12.1. The molecule has 0 fully saturated rings. The van der Waals surface area contributed by atoms with Gasteiger partial charge in [-0.2, -0.15) is 12.6 Å². The number of rotatable bonds is 7. The van der Waals surface area contributed by atoms with E-state index in [1.165, 1.54) is 0 Å². The average Bonchev–Trinajstić information content (AvgIpc) is 2.16. The molecule has 88 valence electrons. The van der Waals surface area contributed by atoms with Crippen LogP contribution >= 0.6 is 12.6 Å². The molecule has 15 heavy (non-hydrogen) atoms. The van der Waals surface area contributed by atoms with Crippen LogP contribution in [0.15, 0.2) is 12.7 Å². The maximum Gasteiger partial charge on any atom is 0.306 e. The van der Waals surface area contributed by atoms with Gasteiger partial charge in [-0.3, -0.25) is 4.79 Å². The minimum atomic E-state index is -0.819. The predicted octanol–water partition coefficient (Wildman–Crippen LogP) is 2.28. The van der Waals surface area contributed by atoms with Crippen molar-refractivity contribution in [2.75, 3.05) is 0 Å². The molecule has 0 heterocycles. The lowest BCUT2D eigenvalue weighted by Crippen LogP contribution is -2.43. The molecule has 3 N–H and O–H groups in total. The first-order chi connectivity index (χ1) is 6.86. The van der Waals surface area contributed by atoms with Crippen molar-refractivity contribution in [1.82, 2.24) is 0 Å². The molecule has 0 spiro atoms. The van der Waals surface area contributed by atoms with Crippen LogP contribution in [0, 0.1) is 11.3 Å². The second kappa shape index (κ2) is 6.18. The maximum absolute atomic E-state index is 11.0. The van der Waals surface area contributed by atoms with Crippen LogP contribution in [-0.2, 0) is 4.79 Å². The van der Waals surface area contributed by atoms with Crippen LogP contribution in [0.2, 0.25) is 0 Å². The van der Waals surface area contributed by atoms with Gasteiger partial charge in [0.05, 0.1) is 11.3 Å². The van der Waals surface area contributed by atoms with Crippen LogP contribution in [0.5, 0.6) is 0 Å². The van der Waals surface area contributed by atoms with E-state index >= 15 is 0 Å². The number of carbonyl (C=O) groups is 1. The second-order valence-corrected chi connectivity index (χ2v) is 4.75. The summed E-state index contributed by atoms with van der Waals surface area (Å²) in [6.07, 6.45) is 4.35. The molecule has 0 aromatic carbocycles. The van der Waals surface area contributed by atoms with Gasteiger partial charge in [-0.15, -0.1) is 6.58 Å². The van der Waals surface area contributed by atoms with Gasteiger partial charge in [0.15, 0.2) is 0 Å². The Bertz CT molecular complexity index is 231. The molecule has 0 radical (unpaired) electrons. The van der Waals surface area contributed by atoms with E-state index in [1.807, 2.05) is 13.0 Å². The lowest BCUT2D eigenvalue weighted by atomic mass is 9.74. The molecule has 0 saturated heterocycles. The van der Waals surface area contributed by atoms with E-state index in [2.05, 4.69) is 19.2 Å². The molecular weight excluding hydrogens is 210 g/mol. The first-order valence-corrected chi connectivity index (χ1v) is 5.65. The van der Waals surface area contributed by atoms with E-state index < -0.39 is 22.7 Å². The van der Waals surface area contributed by atoms with Gasteiger partial charge in [-0.05, 0) is 19.3 Å². The van der Waals surface area contributed by atoms with Gasteiger partial charge < -0.3 is 10.8 Å². The summed E-state index contributed by atoms with van der Waals surface area (Å²) in [4.78, 5) is 11.0. The molecule has 0 aliphatic heterocycles. The highest BCUT2D eigenvalue weighted by Gasteiger charge is 2.39. The number of unbranched alkanes of at least 4 members (excludes halogenated alkanes) is 1. The molecule has 0 aromatic rings. The quantitative estimate of drug-likeness (QED) is 0.273. The number of carboxylic acids is 1. The van der Waals surface area contributed by atoms with E-state index in [0.717, 1.165) is 19.3 Å². The lowest BCUT2D eigenvalue weighted by Gasteiger charge is -2.36. The maximum atomic E-state index is 11.0. The van der Waals surface area contributed by atoms with E-state index in [-0.39, 0.29) is 0 Å². The highest BCUT2D eigenvalue weighted by atomic mass is 32.1. The third kappa shape index (κ3) is 3.87. The molecule has 3 atom stereocenters. The smallest absolute Gasteiger partial charge is 0.306 e. The Morgan fingerprint density at radius 3 is 2.60 bits per heavy atom. The lowest BCUT2D eigenvalue weighted by molar-refractivity contribution is -0.145. The molecular formula is C11H21NO2S. The normalized spacial score (nSPS) is 18.9. The third-order valence-electron chi connectivity index (χ3n) is 3.16. The fourth-order valence-corrected chi connectivity index (χ4v) is 1.88. The van der Waals surface area contributed by atoms with E-state index in [1.54, 1.807) is 6.92 Å². The van der Waals surface area contributed by atoms with Crippen molar-refractivity contribution in [3.63, 3.8) is 0 Å². The molecule has 0 bridgehead atoms. The van der Waals surface area contributed by atoms with Crippen molar-refractivity contribution in [1.29, 1.82) is 0 Å². The zero-order valence-electron chi connectivity index (χ0n) is 9.44. The van der Waals surface area contributed by atoms with Gasteiger partial charge in [0, 0.05) is 5.41 Å². The summed E-state index contributed by atoms with van der Waals surface area (Å²) in [6.45, 7) is 7.21. The zero-order valence-corrected chi connectivity index (χ0v) is 10.3. The first-order valence-electron chi connectivity index (χ1n) is 5.13. The fourth-order valence-electron chi connectivity index (χ4n) is 1.53. The van der Waals surface area contributed by atoms with E-state index in [0.29, 0.717) is 0 Å². The van der Waals surface area contributed by atoms with Crippen LogP contribution in [0.1, 0.15) is 33.1 Å². The summed E-state index contributed by atoms with van der Waals surface area (Å²) < 4.78 is 0. The van der Waals surface area contributed by atoms with Crippen LogP contribution in [0.3, 0.4) is 0 Å². The molecule has 3 nitrogen and oxygen atoms in total. The van der Waals surface area contributed by atoms with Gasteiger partial charge in [0.2, 0.25) is 0 Å². The monoisotopic (exact) mass is 231 g/mol. The molecule has 0 aromatic heterocycles. The fraction of sp³-hybridized carbons (Fsp3) is 0.727. The molecule has 0 amide bonds. The van der Waals surface area contributed by atoms with Gasteiger partial charge >= 0.3 is 5.97 Å². The van der Waals surface area contributed by atoms with Crippen molar-refractivity contribution in [3.8, 4) is 0 Å². The predicted molar refractivity (Wildman–Crippen MR) is 65.9 cm³/mol. The van der Waals surface area contributed by atoms with Crippen LogP contribution in [-0.4, -0.2) is 16.4 Å². The highest BCUT2D eigenvalue weighted by molar-refractivity contribution is 7.80. The summed E-state index contributed by atoms with van der Waals surface area (Å²) in [5.41, 5.74) is 5.29. The number of thiol groups is 1. The van der Waals surface area contributed by atoms with Crippen molar-refractivity contribution in [2.24, 2.45) is 17.1 Å². The van der Waals surface area contributed by atoms with Gasteiger partial charge in [0.25, 0.3) is 0 Å². The number of carboxylic acid groups (broad SMARTS) is 1. The van der Waals surface area contributed by atoms with Crippen LogP contribution in [0.25, 0.3) is 0 Å². The minimum absolute atomic E-state index is 0.423. The Morgan fingerprint density at radius 1 is 1.73 bits per heavy atom. The molecule has 4 heteroatoms. The Labute approximate surface area is 97.1 Å². The summed E-state index contributed by atoms with van der Waals surface area (Å²) in [5.74, 6) is -1.31. The summed E-state index contributed by atoms with van der Waals surface area (Å²) in [7, 11) is 0. The van der Waals surface area contributed by atoms with Gasteiger partial charge in [0.1, 0.15) is 0 Å². The Hall–Kier alpha value is -0.480. The first kappa shape index (κ1) is 14.5. The van der Waals surface area contributed by atoms with Crippen LogP contribution in [0.4, 0.5) is 0 Å². The highest BCUT2D eigenvalue weighted by Crippen LogP contribution is 2.37. The largest absolute Gasteiger partial charge is 0.481 e. The van der Waals surface area contributed by atoms with Crippen LogP contribution < -0.4 is 5.73 Å². The Morgan fingerprint density at radius 2 is 2.27 bits per heavy atom. The van der Waals surface area contributed by atoms with Gasteiger partial charge in [-0.1, -0.05) is 19.9 Å². The van der Waals surface area contributed by atoms with Crippen molar-refractivity contribution >= 4 is 18.6 Å². The number of hydrogen-bond acceptors (Lipinski definition) is 3. The van der Waals surface area contributed by atoms with Crippen molar-refractivity contribution < 1.29 is 9.90 Å². The average molecular weight is 231 g/mol. The minimum Gasteiger partial charge on any atom is -0.481 e. The Balaban J connectivity index is 4.58. The Kier molecular flexibility index (Phi) is 5.98. The van der Waals surface area contributed by atoms with E-state index in [4.69, 9.17) is 10.8 Å². The SMILES string of the molecule is C=CCCCC(C)(C(N)S)C(C)C(=O)O. The second-order valence-electron chi connectivity index (χ2n) is 4.19. The molecule has 0 aliphatic carbocycles. The van der Waals surface area contributed by atoms with E-state index in [9.17, 15) is 4.79 Å². The van der Waals surface area contributed by atoms with Crippen molar-refractivity contribution in [2.45, 2.75) is 38.5 Å². The summed E-state index contributed by atoms with van der Waals surface area (Å²) >= 11 is 4.20. The molecule has 0 rings (SSSR count). The standard InChI is InChI=1S/C11H21NO2S/c1-4-5-6-7-11(3,10(12)15)8(2)9(13)14/h4,8,10,15H,1,5-7,12H2,2-3H3,(H,13,14). The van der Waals surface area contributed by atoms with Gasteiger partial charge in [-0.25, -0.2) is 0 Å². The summed E-state index contributed by atoms with van der Waals surface area (Å²) in [5, 5.41) is 8.59. The molecule has 0 aliphatic rings. The number of aliphatic carboxylic acids is 1.